The molecule has 0 amide bonds. The van der Waals surface area contributed by atoms with E-state index in [0.29, 0.717) is 5.56 Å². The van der Waals surface area contributed by atoms with Crippen molar-refractivity contribution in [2.45, 2.75) is 0 Å². The fourth-order valence-corrected chi connectivity index (χ4v) is 2.11. The summed E-state index contributed by atoms with van der Waals surface area (Å²) in [6.07, 6.45) is 0. The molecule has 3 aromatic carbocycles. The van der Waals surface area contributed by atoms with E-state index in [9.17, 15) is 8.78 Å². The minimum absolute atomic E-state index is 0.267. The maximum absolute atomic E-state index is 13.8. The van der Waals surface area contributed by atoms with E-state index in [-0.39, 0.29) is 5.56 Å². The largest absolute Gasteiger partial charge is 0.206 e. The molecule has 18 heavy (non-hydrogen) atoms. The molecular weight excluding hydrogens is 230 g/mol. The van der Waals surface area contributed by atoms with Crippen molar-refractivity contribution in [3.05, 3.63) is 72.3 Å². The van der Waals surface area contributed by atoms with Gasteiger partial charge in [0, 0.05) is 11.6 Å². The fraction of sp³-hybridized carbons (Fsp3) is 0. The third-order valence-electron chi connectivity index (χ3n) is 2.94. The molecule has 3 aromatic rings. The molecule has 0 aliphatic carbocycles. The van der Waals surface area contributed by atoms with Crippen LogP contribution >= 0.6 is 0 Å². The summed E-state index contributed by atoms with van der Waals surface area (Å²) in [5.41, 5.74) is 0.960. The van der Waals surface area contributed by atoms with Crippen molar-refractivity contribution < 1.29 is 8.78 Å². The van der Waals surface area contributed by atoms with Crippen LogP contribution in [0.1, 0.15) is 0 Å². The lowest BCUT2D eigenvalue weighted by molar-refractivity contribution is 0.601. The number of hydrogen-bond donors (Lipinski definition) is 0. The molecule has 0 saturated carbocycles. The Kier molecular flexibility index (Phi) is 2.56. The summed E-state index contributed by atoms with van der Waals surface area (Å²) in [6, 6.07) is 17.7. The zero-order chi connectivity index (χ0) is 12.5. The second-order valence-corrected chi connectivity index (χ2v) is 4.07. The molecule has 0 atom stereocenters. The predicted octanol–water partition coefficient (Wildman–Crippen LogP) is 4.59. The van der Waals surface area contributed by atoms with E-state index in [1.165, 1.54) is 6.07 Å². The lowest BCUT2D eigenvalue weighted by atomic mass is 9.98. The fourth-order valence-electron chi connectivity index (χ4n) is 2.11. The zero-order valence-corrected chi connectivity index (χ0v) is 9.45. The quantitative estimate of drug-likeness (QED) is 0.582. The molecule has 0 aliphatic heterocycles. The molecule has 0 unspecified atom stereocenters. The van der Waals surface area contributed by atoms with Crippen LogP contribution in [0.4, 0.5) is 8.78 Å². The van der Waals surface area contributed by atoms with E-state index in [2.05, 4.69) is 6.07 Å². The Labute approximate surface area is 104 Å². The Morgan fingerprint density at radius 1 is 0.833 bits per heavy atom. The van der Waals surface area contributed by atoms with Gasteiger partial charge in [-0.2, -0.15) is 0 Å². The van der Waals surface area contributed by atoms with Gasteiger partial charge >= 0.3 is 0 Å². The van der Waals surface area contributed by atoms with E-state index >= 15 is 0 Å². The number of hydrogen-bond acceptors (Lipinski definition) is 0. The Bertz CT molecular complexity index is 712. The number of benzene rings is 3. The van der Waals surface area contributed by atoms with Crippen molar-refractivity contribution in [3.8, 4) is 11.1 Å². The first-order chi connectivity index (χ1) is 8.75. The number of fused-ring (bicyclic) bond motifs is 1. The lowest BCUT2D eigenvalue weighted by Gasteiger charge is -2.07. The van der Waals surface area contributed by atoms with Crippen molar-refractivity contribution in [1.29, 1.82) is 0 Å². The first-order valence-electron chi connectivity index (χ1n) is 5.60. The second kappa shape index (κ2) is 4.22. The van der Waals surface area contributed by atoms with Gasteiger partial charge in [0.15, 0.2) is 0 Å². The van der Waals surface area contributed by atoms with Gasteiger partial charge in [-0.3, -0.25) is 0 Å². The van der Waals surface area contributed by atoms with Crippen molar-refractivity contribution in [1.82, 2.24) is 0 Å². The summed E-state index contributed by atoms with van der Waals surface area (Å²) >= 11 is 0. The molecule has 0 N–H and O–H groups in total. The van der Waals surface area contributed by atoms with Gasteiger partial charge in [-0.1, -0.05) is 42.5 Å². The third kappa shape index (κ3) is 1.76. The Morgan fingerprint density at radius 2 is 1.61 bits per heavy atom. The molecule has 2 heteroatoms. The first kappa shape index (κ1) is 10.9. The highest BCUT2D eigenvalue weighted by Gasteiger charge is 2.09. The van der Waals surface area contributed by atoms with E-state index in [1.807, 2.05) is 36.4 Å². The van der Waals surface area contributed by atoms with Crippen LogP contribution in [0.25, 0.3) is 21.9 Å². The van der Waals surface area contributed by atoms with Crippen LogP contribution in [0.15, 0.2) is 54.6 Å². The van der Waals surface area contributed by atoms with Crippen molar-refractivity contribution >= 4 is 10.8 Å². The van der Waals surface area contributed by atoms with E-state index in [4.69, 9.17) is 0 Å². The van der Waals surface area contributed by atoms with Gasteiger partial charge in [0.1, 0.15) is 11.6 Å². The van der Waals surface area contributed by atoms with Gasteiger partial charge in [0.2, 0.25) is 0 Å². The third-order valence-corrected chi connectivity index (χ3v) is 2.94. The van der Waals surface area contributed by atoms with Gasteiger partial charge in [0.25, 0.3) is 0 Å². The molecule has 87 valence electrons. The summed E-state index contributed by atoms with van der Waals surface area (Å²) in [4.78, 5) is 0. The van der Waals surface area contributed by atoms with Gasteiger partial charge in [-0.05, 0) is 28.5 Å². The summed E-state index contributed by atoms with van der Waals surface area (Å²) in [5, 5.41) is 1.91. The number of halogens is 2. The molecule has 0 heterocycles. The smallest absolute Gasteiger partial charge is 0.131 e. The van der Waals surface area contributed by atoms with E-state index in [1.54, 1.807) is 6.07 Å². The maximum Gasteiger partial charge on any atom is 0.131 e. The van der Waals surface area contributed by atoms with Crippen molar-refractivity contribution in [3.63, 3.8) is 0 Å². The Morgan fingerprint density at radius 3 is 2.50 bits per heavy atom. The Balaban J connectivity index is 2.35. The van der Waals surface area contributed by atoms with Crippen LogP contribution in [0, 0.1) is 17.7 Å². The van der Waals surface area contributed by atoms with Crippen LogP contribution in [-0.4, -0.2) is 0 Å². The van der Waals surface area contributed by atoms with Crippen LogP contribution < -0.4 is 0 Å². The molecule has 0 spiro atoms. The number of rotatable bonds is 1. The average Bonchev–Trinajstić information content (AvgIpc) is 2.41. The van der Waals surface area contributed by atoms with Crippen LogP contribution in [0.2, 0.25) is 0 Å². The van der Waals surface area contributed by atoms with Crippen LogP contribution in [0.5, 0.6) is 0 Å². The SMILES string of the molecule is Fc1[c]cc(F)c(-c2cccc3ccccc23)c1. The molecule has 3 rings (SSSR count). The van der Waals surface area contributed by atoms with Gasteiger partial charge in [-0.25, -0.2) is 8.78 Å². The first-order valence-corrected chi connectivity index (χ1v) is 5.60. The second-order valence-electron chi connectivity index (χ2n) is 4.07. The highest BCUT2D eigenvalue weighted by atomic mass is 19.1. The monoisotopic (exact) mass is 239 g/mol. The lowest BCUT2D eigenvalue weighted by Crippen LogP contribution is -1.88. The molecule has 0 fully saturated rings. The highest BCUT2D eigenvalue weighted by molar-refractivity contribution is 5.96. The summed E-state index contributed by atoms with van der Waals surface area (Å²) in [7, 11) is 0. The van der Waals surface area contributed by atoms with E-state index in [0.717, 1.165) is 16.8 Å². The zero-order valence-electron chi connectivity index (χ0n) is 9.45. The molecule has 0 saturated heterocycles. The topological polar surface area (TPSA) is 0 Å². The predicted molar refractivity (Wildman–Crippen MR) is 68.1 cm³/mol. The van der Waals surface area contributed by atoms with Crippen LogP contribution in [0.3, 0.4) is 0 Å². The van der Waals surface area contributed by atoms with Crippen molar-refractivity contribution in [2.75, 3.05) is 0 Å². The van der Waals surface area contributed by atoms with Gasteiger partial charge in [0.05, 0.1) is 0 Å². The molecular formula is C16H9F2. The molecule has 1 radical (unpaired) electrons. The van der Waals surface area contributed by atoms with Crippen molar-refractivity contribution in [2.24, 2.45) is 0 Å². The molecule has 0 aliphatic rings. The molecule has 0 nitrogen and oxygen atoms in total. The normalized spacial score (nSPS) is 10.8. The maximum atomic E-state index is 13.8. The summed E-state index contributed by atoms with van der Waals surface area (Å²) < 4.78 is 27.0. The molecule has 0 bridgehead atoms. The van der Waals surface area contributed by atoms with Gasteiger partial charge in [-0.15, -0.1) is 0 Å². The average molecular weight is 239 g/mol. The minimum Gasteiger partial charge on any atom is -0.206 e. The summed E-state index contributed by atoms with van der Waals surface area (Å²) in [6.45, 7) is 0. The highest BCUT2D eigenvalue weighted by Crippen LogP contribution is 2.30. The van der Waals surface area contributed by atoms with Crippen LogP contribution in [-0.2, 0) is 0 Å². The Hall–Kier alpha value is -2.22. The minimum atomic E-state index is -0.556. The molecule has 0 aromatic heterocycles. The van der Waals surface area contributed by atoms with E-state index < -0.39 is 11.6 Å². The summed E-state index contributed by atoms with van der Waals surface area (Å²) in [5.74, 6) is -1.02. The van der Waals surface area contributed by atoms with Gasteiger partial charge < -0.3 is 0 Å². The standard InChI is InChI=1S/C16H9F2/c17-12-8-9-16(18)15(10-12)14-7-3-5-11-4-1-2-6-13(11)14/h1-7,9-10H.